The van der Waals surface area contributed by atoms with Crippen LogP contribution in [0.5, 0.6) is 5.88 Å². The number of aromatic nitrogens is 2. The summed E-state index contributed by atoms with van der Waals surface area (Å²) < 4.78 is 5.88. The molecule has 1 aromatic heterocycles. The van der Waals surface area contributed by atoms with E-state index in [9.17, 15) is 4.79 Å². The molecule has 0 aliphatic carbocycles. The first-order chi connectivity index (χ1) is 11.1. The Bertz CT molecular complexity index is 700. The van der Waals surface area contributed by atoms with Crippen molar-refractivity contribution in [3.63, 3.8) is 0 Å². The van der Waals surface area contributed by atoms with Gasteiger partial charge in [0.1, 0.15) is 11.9 Å². The monoisotopic (exact) mass is 331 g/mol. The van der Waals surface area contributed by atoms with Gasteiger partial charge < -0.3 is 9.64 Å². The van der Waals surface area contributed by atoms with Gasteiger partial charge in [0.15, 0.2) is 0 Å². The van der Waals surface area contributed by atoms with Crippen molar-refractivity contribution in [2.24, 2.45) is 0 Å². The van der Waals surface area contributed by atoms with Crippen molar-refractivity contribution in [2.75, 3.05) is 13.1 Å². The Kier molecular flexibility index (Phi) is 4.76. The zero-order valence-electron chi connectivity index (χ0n) is 12.9. The number of hydrogen-bond donors (Lipinski definition) is 0. The highest BCUT2D eigenvalue weighted by molar-refractivity contribution is 6.30. The minimum absolute atomic E-state index is 0.0174. The highest BCUT2D eigenvalue weighted by Crippen LogP contribution is 2.19. The molecule has 5 nitrogen and oxygen atoms in total. The van der Waals surface area contributed by atoms with Gasteiger partial charge >= 0.3 is 0 Å². The topological polar surface area (TPSA) is 55.3 Å². The third kappa shape index (κ3) is 3.99. The predicted octanol–water partition coefficient (Wildman–Crippen LogP) is 3.12. The summed E-state index contributed by atoms with van der Waals surface area (Å²) in [6.45, 7) is 3.17. The van der Waals surface area contributed by atoms with E-state index < -0.39 is 0 Å². The molecule has 0 unspecified atom stereocenters. The van der Waals surface area contributed by atoms with Crippen LogP contribution in [0, 0.1) is 6.92 Å². The first kappa shape index (κ1) is 15.7. The molecular formula is C17H18ClN3O2. The van der Waals surface area contributed by atoms with E-state index in [2.05, 4.69) is 9.97 Å². The zero-order chi connectivity index (χ0) is 16.2. The van der Waals surface area contributed by atoms with Crippen molar-refractivity contribution in [3.8, 4) is 5.88 Å². The van der Waals surface area contributed by atoms with Crippen LogP contribution >= 0.6 is 11.6 Å². The fourth-order valence-electron chi connectivity index (χ4n) is 2.65. The average Bonchev–Trinajstić information content (AvgIpc) is 2.55. The molecule has 3 rings (SSSR count). The van der Waals surface area contributed by atoms with E-state index in [0.29, 0.717) is 35.4 Å². The SMILES string of the molecule is Cc1nccc(OC2CCN(C(=O)c3cccc(Cl)c3)CC2)n1. The Labute approximate surface area is 140 Å². The van der Waals surface area contributed by atoms with Gasteiger partial charge in [-0.2, -0.15) is 4.98 Å². The minimum atomic E-state index is 0.0174. The molecule has 0 bridgehead atoms. The predicted molar refractivity (Wildman–Crippen MR) is 87.8 cm³/mol. The number of halogens is 1. The lowest BCUT2D eigenvalue weighted by atomic mass is 10.1. The van der Waals surface area contributed by atoms with Gasteiger partial charge in [-0.15, -0.1) is 0 Å². The summed E-state index contributed by atoms with van der Waals surface area (Å²) in [4.78, 5) is 22.6. The highest BCUT2D eigenvalue weighted by atomic mass is 35.5. The summed E-state index contributed by atoms with van der Waals surface area (Å²) >= 11 is 5.95. The number of aryl methyl sites for hydroxylation is 1. The molecule has 1 aliphatic rings. The fraction of sp³-hybridized carbons (Fsp3) is 0.353. The van der Waals surface area contributed by atoms with Gasteiger partial charge in [0.05, 0.1) is 0 Å². The van der Waals surface area contributed by atoms with Crippen LogP contribution in [-0.2, 0) is 0 Å². The molecule has 0 atom stereocenters. The second-order valence-electron chi connectivity index (χ2n) is 5.56. The average molecular weight is 332 g/mol. The molecule has 2 aromatic rings. The number of piperidine rings is 1. The fourth-order valence-corrected chi connectivity index (χ4v) is 2.84. The maximum Gasteiger partial charge on any atom is 0.253 e. The van der Waals surface area contributed by atoms with E-state index in [1.54, 1.807) is 36.5 Å². The molecule has 0 saturated carbocycles. The minimum Gasteiger partial charge on any atom is -0.474 e. The molecular weight excluding hydrogens is 314 g/mol. The van der Waals surface area contributed by atoms with Crippen LogP contribution in [-0.4, -0.2) is 40.0 Å². The Morgan fingerprint density at radius 1 is 1.30 bits per heavy atom. The Morgan fingerprint density at radius 2 is 2.09 bits per heavy atom. The maximum absolute atomic E-state index is 12.5. The molecule has 23 heavy (non-hydrogen) atoms. The number of nitrogens with zero attached hydrogens (tertiary/aromatic N) is 3. The number of rotatable bonds is 3. The van der Waals surface area contributed by atoms with Crippen molar-refractivity contribution in [1.82, 2.24) is 14.9 Å². The van der Waals surface area contributed by atoms with Gasteiger partial charge in [-0.3, -0.25) is 4.79 Å². The number of benzene rings is 1. The van der Waals surface area contributed by atoms with Gasteiger partial charge in [-0.25, -0.2) is 4.98 Å². The van der Waals surface area contributed by atoms with E-state index in [0.717, 1.165) is 12.8 Å². The molecule has 1 aliphatic heterocycles. The highest BCUT2D eigenvalue weighted by Gasteiger charge is 2.25. The van der Waals surface area contributed by atoms with E-state index in [-0.39, 0.29) is 12.0 Å². The van der Waals surface area contributed by atoms with Crippen molar-refractivity contribution >= 4 is 17.5 Å². The summed E-state index contributed by atoms with van der Waals surface area (Å²) in [5.41, 5.74) is 0.628. The van der Waals surface area contributed by atoms with Crippen LogP contribution in [0.25, 0.3) is 0 Å². The molecule has 1 amide bonds. The van der Waals surface area contributed by atoms with Crippen LogP contribution in [0.15, 0.2) is 36.5 Å². The maximum atomic E-state index is 12.5. The molecule has 6 heteroatoms. The van der Waals surface area contributed by atoms with Gasteiger partial charge in [0.2, 0.25) is 5.88 Å². The largest absolute Gasteiger partial charge is 0.474 e. The van der Waals surface area contributed by atoms with Crippen LogP contribution < -0.4 is 4.74 Å². The third-order valence-electron chi connectivity index (χ3n) is 3.84. The first-order valence-corrected chi connectivity index (χ1v) is 8.01. The van der Waals surface area contributed by atoms with Crippen LogP contribution in [0.1, 0.15) is 29.0 Å². The molecule has 0 radical (unpaired) electrons. The number of likely N-dealkylation sites (tertiary alicyclic amines) is 1. The summed E-state index contributed by atoms with van der Waals surface area (Å²) in [6, 6.07) is 8.82. The molecule has 2 heterocycles. The van der Waals surface area contributed by atoms with Gasteiger partial charge in [-0.1, -0.05) is 17.7 Å². The van der Waals surface area contributed by atoms with Gasteiger partial charge in [-0.05, 0) is 25.1 Å². The standard InChI is InChI=1S/C17H18ClN3O2/c1-12-19-8-5-16(20-12)23-15-6-9-21(10-7-15)17(22)13-3-2-4-14(18)11-13/h2-5,8,11,15H,6-7,9-10H2,1H3. The molecule has 1 fully saturated rings. The number of ether oxygens (including phenoxy) is 1. The van der Waals surface area contributed by atoms with Crippen LogP contribution in [0.4, 0.5) is 0 Å². The van der Waals surface area contributed by atoms with Crippen LogP contribution in [0.2, 0.25) is 5.02 Å². The second-order valence-corrected chi connectivity index (χ2v) is 6.00. The Hall–Kier alpha value is -2.14. The molecule has 0 N–H and O–H groups in total. The number of amides is 1. The van der Waals surface area contributed by atoms with Crippen molar-refractivity contribution in [1.29, 1.82) is 0 Å². The van der Waals surface area contributed by atoms with Crippen molar-refractivity contribution in [3.05, 3.63) is 52.9 Å². The number of hydrogen-bond acceptors (Lipinski definition) is 4. The second kappa shape index (κ2) is 6.96. The smallest absolute Gasteiger partial charge is 0.253 e. The van der Waals surface area contributed by atoms with E-state index in [1.807, 2.05) is 11.8 Å². The summed E-state index contributed by atoms with van der Waals surface area (Å²) in [5, 5.41) is 0.577. The number of carbonyl (C=O) groups is 1. The molecule has 1 aromatic carbocycles. The van der Waals surface area contributed by atoms with E-state index >= 15 is 0 Å². The zero-order valence-corrected chi connectivity index (χ0v) is 13.7. The lowest BCUT2D eigenvalue weighted by Crippen LogP contribution is -2.41. The normalized spacial score (nSPS) is 15.5. The van der Waals surface area contributed by atoms with Gasteiger partial charge in [0.25, 0.3) is 5.91 Å². The van der Waals surface area contributed by atoms with Crippen molar-refractivity contribution in [2.45, 2.75) is 25.9 Å². The Morgan fingerprint density at radius 3 is 2.78 bits per heavy atom. The first-order valence-electron chi connectivity index (χ1n) is 7.63. The molecule has 120 valence electrons. The van der Waals surface area contributed by atoms with Gasteiger partial charge in [0, 0.05) is 48.8 Å². The molecule has 0 spiro atoms. The third-order valence-corrected chi connectivity index (χ3v) is 4.07. The van der Waals surface area contributed by atoms with E-state index in [4.69, 9.17) is 16.3 Å². The number of carbonyl (C=O) groups excluding carboxylic acids is 1. The summed E-state index contributed by atoms with van der Waals surface area (Å²) in [7, 11) is 0. The van der Waals surface area contributed by atoms with Crippen LogP contribution in [0.3, 0.4) is 0 Å². The van der Waals surface area contributed by atoms with Crippen molar-refractivity contribution < 1.29 is 9.53 Å². The quantitative estimate of drug-likeness (QED) is 0.867. The summed E-state index contributed by atoms with van der Waals surface area (Å²) in [6.07, 6.45) is 3.34. The summed E-state index contributed by atoms with van der Waals surface area (Å²) in [5.74, 6) is 1.30. The lowest BCUT2D eigenvalue weighted by Gasteiger charge is -2.32. The molecule has 1 saturated heterocycles. The van der Waals surface area contributed by atoms with E-state index in [1.165, 1.54) is 0 Å². The Balaban J connectivity index is 1.57. The lowest BCUT2D eigenvalue weighted by molar-refractivity contribution is 0.0587.